The van der Waals surface area contributed by atoms with E-state index in [4.69, 9.17) is 9.47 Å². The van der Waals surface area contributed by atoms with E-state index in [1.165, 1.54) is 0 Å². The van der Waals surface area contributed by atoms with Gasteiger partial charge in [-0.1, -0.05) is 12.6 Å². The molecular formula is C21H26N2O4. The van der Waals surface area contributed by atoms with Crippen LogP contribution in [-0.4, -0.2) is 33.5 Å². The average molecular weight is 370 g/mol. The number of carboxylic acid groups (broad SMARTS) is 1. The highest BCUT2D eigenvalue weighted by atomic mass is 16.5. The number of H-pyrrole nitrogens is 1. The molecule has 144 valence electrons. The lowest BCUT2D eigenvalue weighted by atomic mass is 9.94. The fourth-order valence-electron chi connectivity index (χ4n) is 3.25. The van der Waals surface area contributed by atoms with Crippen molar-refractivity contribution in [3.05, 3.63) is 41.7 Å². The number of fused-ring (bicyclic) bond motifs is 1. The van der Waals surface area contributed by atoms with E-state index in [-0.39, 0.29) is 0 Å². The van der Waals surface area contributed by atoms with Gasteiger partial charge >= 0.3 is 5.97 Å². The molecule has 2 heterocycles. The molecule has 0 spiro atoms. The van der Waals surface area contributed by atoms with Crippen LogP contribution in [0, 0.1) is 0 Å². The Morgan fingerprint density at radius 3 is 2.78 bits per heavy atom. The number of carboxylic acids is 1. The maximum Gasteiger partial charge on any atom is 0.339 e. The topological polar surface area (TPSA) is 84.4 Å². The van der Waals surface area contributed by atoms with Gasteiger partial charge in [-0.3, -0.25) is 5.10 Å². The number of ether oxygens (including phenoxy) is 2. The van der Waals surface area contributed by atoms with Gasteiger partial charge in [-0.25, -0.2) is 4.79 Å². The number of aryl methyl sites for hydroxylation is 1. The monoisotopic (exact) mass is 370 g/mol. The molecule has 0 radical (unpaired) electrons. The van der Waals surface area contributed by atoms with E-state index in [2.05, 4.69) is 16.8 Å². The summed E-state index contributed by atoms with van der Waals surface area (Å²) >= 11 is 0. The van der Waals surface area contributed by atoms with Crippen molar-refractivity contribution in [3.8, 4) is 16.9 Å². The minimum atomic E-state index is -1.16. The Labute approximate surface area is 159 Å². The quantitative estimate of drug-likeness (QED) is 0.816. The summed E-state index contributed by atoms with van der Waals surface area (Å²) in [4.78, 5) is 12.0. The molecule has 1 aromatic carbocycles. The SMILES string of the molecule is C=C(C)c1n[nH]c(C(OC(C)(C)C)C(=O)O)c1-c1ccc2c(c1)CCCO2. The Kier molecular flexibility index (Phi) is 5.11. The van der Waals surface area contributed by atoms with E-state index in [9.17, 15) is 9.90 Å². The van der Waals surface area contributed by atoms with Gasteiger partial charge in [-0.15, -0.1) is 0 Å². The normalized spacial score (nSPS) is 15.0. The summed E-state index contributed by atoms with van der Waals surface area (Å²) in [7, 11) is 0. The second-order valence-electron chi connectivity index (χ2n) is 7.86. The number of aliphatic carboxylic acids is 1. The summed E-state index contributed by atoms with van der Waals surface area (Å²) in [6, 6.07) is 5.91. The van der Waals surface area contributed by atoms with Crippen LogP contribution in [-0.2, 0) is 16.0 Å². The molecule has 27 heavy (non-hydrogen) atoms. The van der Waals surface area contributed by atoms with Crippen LogP contribution in [0.4, 0.5) is 0 Å². The van der Waals surface area contributed by atoms with Crippen LogP contribution in [0.15, 0.2) is 24.8 Å². The predicted octanol–water partition coefficient (Wildman–Crippen LogP) is 4.38. The van der Waals surface area contributed by atoms with Gasteiger partial charge in [0.25, 0.3) is 0 Å². The van der Waals surface area contributed by atoms with E-state index >= 15 is 0 Å². The highest BCUT2D eigenvalue weighted by Crippen LogP contribution is 2.38. The van der Waals surface area contributed by atoms with Gasteiger partial charge in [-0.05, 0) is 69.4 Å². The molecule has 1 unspecified atom stereocenters. The first-order valence-electron chi connectivity index (χ1n) is 9.08. The van der Waals surface area contributed by atoms with Crippen LogP contribution in [0.2, 0.25) is 0 Å². The van der Waals surface area contributed by atoms with Crippen molar-refractivity contribution >= 4 is 11.5 Å². The first kappa shape index (κ1) is 19.2. The number of aromatic nitrogens is 2. The van der Waals surface area contributed by atoms with Gasteiger partial charge in [0.2, 0.25) is 0 Å². The number of benzene rings is 1. The van der Waals surface area contributed by atoms with E-state index in [0.29, 0.717) is 17.0 Å². The second-order valence-corrected chi connectivity index (χ2v) is 7.86. The lowest BCUT2D eigenvalue weighted by molar-refractivity contribution is -0.161. The first-order valence-corrected chi connectivity index (χ1v) is 9.08. The van der Waals surface area contributed by atoms with Gasteiger partial charge in [-0.2, -0.15) is 5.10 Å². The third-order valence-corrected chi connectivity index (χ3v) is 4.35. The number of allylic oxidation sites excluding steroid dienone is 1. The Balaban J connectivity index is 2.15. The number of rotatable bonds is 5. The van der Waals surface area contributed by atoms with E-state index in [1.54, 1.807) is 0 Å². The maximum atomic E-state index is 12.0. The molecule has 6 nitrogen and oxygen atoms in total. The predicted molar refractivity (Wildman–Crippen MR) is 104 cm³/mol. The van der Waals surface area contributed by atoms with Crippen LogP contribution in [0.5, 0.6) is 5.75 Å². The molecule has 0 aliphatic carbocycles. The summed E-state index contributed by atoms with van der Waals surface area (Å²) in [5, 5.41) is 17.0. The van der Waals surface area contributed by atoms with E-state index in [1.807, 2.05) is 45.9 Å². The van der Waals surface area contributed by atoms with Crippen LogP contribution < -0.4 is 4.74 Å². The standard InChI is InChI=1S/C21H26N2O4/c1-12(2)17-16(14-8-9-15-13(11-14)7-6-10-26-15)18(23-22-17)19(20(24)25)27-21(3,4)5/h8-9,11,19H,1,6-7,10H2,2-5H3,(H,22,23)(H,24,25). The Hall–Kier alpha value is -2.60. The van der Waals surface area contributed by atoms with Crippen LogP contribution in [0.1, 0.15) is 57.2 Å². The molecule has 0 fully saturated rings. The van der Waals surface area contributed by atoms with Gasteiger partial charge in [0.1, 0.15) is 5.75 Å². The fraction of sp³-hybridized carbons (Fsp3) is 0.429. The lowest BCUT2D eigenvalue weighted by Gasteiger charge is -2.25. The summed E-state index contributed by atoms with van der Waals surface area (Å²) in [6.45, 7) is 12.1. The molecular weight excluding hydrogens is 344 g/mol. The first-order chi connectivity index (χ1) is 12.7. The smallest absolute Gasteiger partial charge is 0.339 e. The zero-order valence-electron chi connectivity index (χ0n) is 16.3. The lowest BCUT2D eigenvalue weighted by Crippen LogP contribution is -2.28. The molecule has 1 atom stereocenters. The third kappa shape index (κ3) is 4.06. The summed E-state index contributed by atoms with van der Waals surface area (Å²) < 4.78 is 11.5. The van der Waals surface area contributed by atoms with Gasteiger partial charge in [0.15, 0.2) is 6.10 Å². The largest absolute Gasteiger partial charge is 0.493 e. The fourth-order valence-corrected chi connectivity index (χ4v) is 3.25. The number of nitrogens with one attached hydrogen (secondary N) is 1. The van der Waals surface area contributed by atoms with Crippen molar-refractivity contribution < 1.29 is 19.4 Å². The molecule has 6 heteroatoms. The Bertz CT molecular complexity index is 877. The number of nitrogens with zero attached hydrogens (tertiary/aromatic N) is 1. The molecule has 1 aromatic heterocycles. The molecule has 0 saturated heterocycles. The van der Waals surface area contributed by atoms with Gasteiger partial charge in [0, 0.05) is 5.56 Å². The molecule has 1 aliphatic rings. The molecule has 0 bridgehead atoms. The van der Waals surface area contributed by atoms with Crippen molar-refractivity contribution in [2.75, 3.05) is 6.61 Å². The zero-order valence-corrected chi connectivity index (χ0v) is 16.3. The summed E-state index contributed by atoms with van der Waals surface area (Å²) in [5.41, 5.74) is 3.90. The van der Waals surface area contributed by atoms with Crippen molar-refractivity contribution in [1.82, 2.24) is 10.2 Å². The Morgan fingerprint density at radius 1 is 1.41 bits per heavy atom. The molecule has 2 N–H and O–H groups in total. The third-order valence-electron chi connectivity index (χ3n) is 4.35. The molecule has 0 amide bonds. The minimum absolute atomic E-state index is 0.423. The van der Waals surface area contributed by atoms with Crippen LogP contribution in [0.3, 0.4) is 0 Å². The molecule has 1 aliphatic heterocycles. The van der Waals surface area contributed by atoms with Crippen LogP contribution in [0.25, 0.3) is 16.7 Å². The number of aromatic amines is 1. The highest BCUT2D eigenvalue weighted by molar-refractivity contribution is 5.84. The van der Waals surface area contributed by atoms with Gasteiger partial charge < -0.3 is 14.6 Å². The van der Waals surface area contributed by atoms with Crippen LogP contribution >= 0.6 is 0 Å². The number of carbonyl (C=O) groups is 1. The highest BCUT2D eigenvalue weighted by Gasteiger charge is 2.32. The number of hydrogen-bond acceptors (Lipinski definition) is 4. The van der Waals surface area contributed by atoms with Gasteiger partial charge in [0.05, 0.1) is 23.6 Å². The summed E-state index contributed by atoms with van der Waals surface area (Å²) in [5.74, 6) is -0.183. The molecule has 2 aromatic rings. The average Bonchev–Trinajstić information content (AvgIpc) is 3.03. The minimum Gasteiger partial charge on any atom is -0.493 e. The summed E-state index contributed by atoms with van der Waals surface area (Å²) in [6.07, 6.45) is 0.736. The van der Waals surface area contributed by atoms with Crippen molar-refractivity contribution in [2.24, 2.45) is 0 Å². The van der Waals surface area contributed by atoms with E-state index in [0.717, 1.165) is 41.9 Å². The van der Waals surface area contributed by atoms with Crippen molar-refractivity contribution in [3.63, 3.8) is 0 Å². The Morgan fingerprint density at radius 2 is 2.15 bits per heavy atom. The van der Waals surface area contributed by atoms with Crippen molar-refractivity contribution in [2.45, 2.75) is 52.2 Å². The molecule has 0 saturated carbocycles. The zero-order chi connectivity index (χ0) is 19.8. The second kappa shape index (κ2) is 7.19. The van der Waals surface area contributed by atoms with Crippen molar-refractivity contribution in [1.29, 1.82) is 0 Å². The number of hydrogen-bond donors (Lipinski definition) is 2. The maximum absolute atomic E-state index is 12.0. The van der Waals surface area contributed by atoms with E-state index < -0.39 is 17.7 Å². The molecule has 3 rings (SSSR count).